The number of halogens is 3. The van der Waals surface area contributed by atoms with Gasteiger partial charge in [0, 0.05) is 8.59 Å². The molecule has 1 amide bonds. The molecule has 0 bridgehead atoms. The zero-order valence-electron chi connectivity index (χ0n) is 15.5. The van der Waals surface area contributed by atoms with Gasteiger partial charge in [-0.05, 0) is 77.0 Å². The lowest BCUT2D eigenvalue weighted by molar-refractivity contribution is -0.117. The number of anilines is 1. The lowest BCUT2D eigenvalue weighted by Gasteiger charge is -2.19. The summed E-state index contributed by atoms with van der Waals surface area (Å²) in [4.78, 5) is 13.1. The molecule has 3 aromatic rings. The van der Waals surface area contributed by atoms with E-state index in [1.54, 1.807) is 24.3 Å². The van der Waals surface area contributed by atoms with Gasteiger partial charge in [-0.1, -0.05) is 53.5 Å². The third-order valence-electron chi connectivity index (χ3n) is 4.21. The first-order chi connectivity index (χ1) is 14.2. The van der Waals surface area contributed by atoms with E-state index in [9.17, 15) is 13.2 Å². The van der Waals surface area contributed by atoms with E-state index in [0.29, 0.717) is 15.7 Å². The number of carbonyl (C=O) groups excluding carboxylic acids is 1. The average molecular weight is 575 g/mol. The molecule has 0 saturated carbocycles. The van der Waals surface area contributed by atoms with Crippen LogP contribution in [0, 0.1) is 3.57 Å². The van der Waals surface area contributed by atoms with E-state index in [0.717, 1.165) is 9.13 Å². The zero-order chi connectivity index (χ0) is 21.7. The lowest BCUT2D eigenvalue weighted by Crippen LogP contribution is -2.45. The first-order valence-corrected chi connectivity index (χ1v) is 12.1. The number of hydrogen-bond acceptors (Lipinski definition) is 3. The second kappa shape index (κ2) is 10.1. The third kappa shape index (κ3) is 6.18. The molecule has 2 N–H and O–H groups in total. The Balaban J connectivity index is 1.88. The fraction of sp³-hybridized carbons (Fsp3) is 0.0952. The normalized spacial score (nSPS) is 12.4. The van der Waals surface area contributed by atoms with Crippen LogP contribution in [0.4, 0.5) is 5.69 Å². The van der Waals surface area contributed by atoms with E-state index >= 15 is 0 Å². The van der Waals surface area contributed by atoms with Gasteiger partial charge in [0.15, 0.2) is 0 Å². The predicted molar refractivity (Wildman–Crippen MR) is 129 cm³/mol. The first kappa shape index (κ1) is 23.0. The number of hydrogen-bond donors (Lipinski definition) is 2. The summed E-state index contributed by atoms with van der Waals surface area (Å²) in [6.45, 7) is 0. The Bertz CT molecular complexity index is 1140. The average Bonchev–Trinajstić information content (AvgIpc) is 2.71. The van der Waals surface area contributed by atoms with Gasteiger partial charge in [-0.3, -0.25) is 4.79 Å². The van der Waals surface area contributed by atoms with E-state index in [1.165, 1.54) is 18.2 Å². The molecule has 0 radical (unpaired) electrons. The van der Waals surface area contributed by atoms with E-state index < -0.39 is 22.0 Å². The van der Waals surface area contributed by atoms with E-state index in [1.807, 2.05) is 30.3 Å². The molecular weight excluding hydrogens is 558 g/mol. The van der Waals surface area contributed by atoms with Crippen LogP contribution < -0.4 is 10.0 Å². The van der Waals surface area contributed by atoms with Crippen LogP contribution in [0.25, 0.3) is 0 Å². The largest absolute Gasteiger partial charge is 0.323 e. The Morgan fingerprint density at radius 1 is 0.967 bits per heavy atom. The molecule has 0 heterocycles. The molecule has 3 aromatic carbocycles. The van der Waals surface area contributed by atoms with Crippen molar-refractivity contribution < 1.29 is 13.2 Å². The highest BCUT2D eigenvalue weighted by molar-refractivity contribution is 14.1. The van der Waals surface area contributed by atoms with Crippen LogP contribution in [0.1, 0.15) is 5.56 Å². The molecule has 0 aliphatic carbocycles. The second-order valence-electron chi connectivity index (χ2n) is 6.43. The number of amides is 1. The molecule has 156 valence electrons. The standard InChI is InChI=1S/C21H17Cl2IN2O3S/c22-15-6-11-18(23)19(13-15)25-21(27)20(12-14-4-2-1-3-5-14)26-30(28,29)17-9-7-16(24)8-10-17/h1-11,13,20,26H,12H2,(H,25,27)/t20-/m0/s1. The molecular formula is C21H17Cl2IN2O3S. The summed E-state index contributed by atoms with van der Waals surface area (Å²) < 4.78 is 29.2. The third-order valence-corrected chi connectivity index (χ3v) is 6.98. The van der Waals surface area contributed by atoms with Crippen LogP contribution in [0.15, 0.2) is 77.7 Å². The van der Waals surface area contributed by atoms with Gasteiger partial charge in [0.2, 0.25) is 15.9 Å². The van der Waals surface area contributed by atoms with Crippen molar-refractivity contribution in [2.75, 3.05) is 5.32 Å². The maximum Gasteiger partial charge on any atom is 0.242 e. The van der Waals surface area contributed by atoms with Crippen LogP contribution in [-0.4, -0.2) is 20.4 Å². The Morgan fingerprint density at radius 2 is 1.63 bits per heavy atom. The van der Waals surface area contributed by atoms with Crippen LogP contribution in [0.5, 0.6) is 0 Å². The highest BCUT2D eigenvalue weighted by atomic mass is 127. The number of benzene rings is 3. The Labute approximate surface area is 199 Å². The molecule has 9 heteroatoms. The summed E-state index contributed by atoms with van der Waals surface area (Å²) in [5.41, 5.74) is 1.11. The minimum atomic E-state index is -3.93. The van der Waals surface area contributed by atoms with Crippen molar-refractivity contribution in [2.45, 2.75) is 17.4 Å². The fourth-order valence-electron chi connectivity index (χ4n) is 2.72. The maximum absolute atomic E-state index is 13.0. The minimum absolute atomic E-state index is 0.0783. The molecule has 0 fully saturated rings. The summed E-state index contributed by atoms with van der Waals surface area (Å²) in [5, 5.41) is 3.37. The van der Waals surface area contributed by atoms with Crippen molar-refractivity contribution in [3.63, 3.8) is 0 Å². The summed E-state index contributed by atoms with van der Waals surface area (Å²) in [6, 6.07) is 19.1. The smallest absolute Gasteiger partial charge is 0.242 e. The van der Waals surface area contributed by atoms with Crippen molar-refractivity contribution in [2.24, 2.45) is 0 Å². The quantitative estimate of drug-likeness (QED) is 0.384. The van der Waals surface area contributed by atoms with Crippen LogP contribution in [0.3, 0.4) is 0 Å². The van der Waals surface area contributed by atoms with Crippen molar-refractivity contribution in [3.8, 4) is 0 Å². The lowest BCUT2D eigenvalue weighted by atomic mass is 10.1. The van der Waals surface area contributed by atoms with E-state index in [-0.39, 0.29) is 11.3 Å². The van der Waals surface area contributed by atoms with Crippen molar-refractivity contribution in [1.29, 1.82) is 0 Å². The van der Waals surface area contributed by atoms with Crippen LogP contribution in [0.2, 0.25) is 10.0 Å². The molecule has 1 atom stereocenters. The maximum atomic E-state index is 13.0. The molecule has 0 aliphatic heterocycles. The van der Waals surface area contributed by atoms with Gasteiger partial charge < -0.3 is 5.32 Å². The SMILES string of the molecule is O=C(Nc1cc(Cl)ccc1Cl)[C@H](Cc1ccccc1)NS(=O)(=O)c1ccc(I)cc1. The first-order valence-electron chi connectivity index (χ1n) is 8.82. The molecule has 3 rings (SSSR count). The van der Waals surface area contributed by atoms with Gasteiger partial charge in [0.25, 0.3) is 0 Å². The Hall–Kier alpha value is -1.65. The van der Waals surface area contributed by atoms with Crippen molar-refractivity contribution in [3.05, 3.63) is 92.0 Å². The summed E-state index contributed by atoms with van der Waals surface area (Å²) in [7, 11) is -3.93. The molecule has 0 saturated heterocycles. The monoisotopic (exact) mass is 574 g/mol. The molecule has 0 aromatic heterocycles. The molecule has 5 nitrogen and oxygen atoms in total. The highest BCUT2D eigenvalue weighted by Crippen LogP contribution is 2.26. The highest BCUT2D eigenvalue weighted by Gasteiger charge is 2.26. The number of carbonyl (C=O) groups is 1. The fourth-order valence-corrected chi connectivity index (χ4v) is 4.61. The molecule has 0 aliphatic rings. The zero-order valence-corrected chi connectivity index (χ0v) is 20.0. The van der Waals surface area contributed by atoms with Gasteiger partial charge in [-0.15, -0.1) is 0 Å². The summed E-state index contributed by atoms with van der Waals surface area (Å²) in [5.74, 6) is -0.544. The number of rotatable bonds is 7. The van der Waals surface area contributed by atoms with Crippen molar-refractivity contribution >= 4 is 67.4 Å². The van der Waals surface area contributed by atoms with E-state index in [2.05, 4.69) is 32.6 Å². The van der Waals surface area contributed by atoms with Crippen LogP contribution in [-0.2, 0) is 21.2 Å². The number of nitrogens with one attached hydrogen (secondary N) is 2. The van der Waals surface area contributed by atoms with E-state index in [4.69, 9.17) is 23.2 Å². The topological polar surface area (TPSA) is 75.3 Å². The van der Waals surface area contributed by atoms with Gasteiger partial charge in [-0.2, -0.15) is 4.72 Å². The van der Waals surface area contributed by atoms with Gasteiger partial charge in [0.1, 0.15) is 6.04 Å². The van der Waals surface area contributed by atoms with Gasteiger partial charge in [0.05, 0.1) is 15.6 Å². The second-order valence-corrected chi connectivity index (χ2v) is 10.2. The molecule has 0 spiro atoms. The Morgan fingerprint density at radius 3 is 2.30 bits per heavy atom. The van der Waals surface area contributed by atoms with Crippen LogP contribution >= 0.6 is 45.8 Å². The van der Waals surface area contributed by atoms with Gasteiger partial charge >= 0.3 is 0 Å². The predicted octanol–water partition coefficient (Wildman–Crippen LogP) is 5.13. The van der Waals surface area contributed by atoms with Gasteiger partial charge in [-0.25, -0.2) is 8.42 Å². The molecule has 0 unspecified atom stereocenters. The summed E-state index contributed by atoms with van der Waals surface area (Å²) in [6.07, 6.45) is 0.161. The summed E-state index contributed by atoms with van der Waals surface area (Å²) >= 11 is 14.2. The number of sulfonamides is 1. The minimum Gasteiger partial charge on any atom is -0.323 e. The Kier molecular flexibility index (Phi) is 7.75. The van der Waals surface area contributed by atoms with Crippen molar-refractivity contribution in [1.82, 2.24) is 4.72 Å². The molecule has 30 heavy (non-hydrogen) atoms.